The lowest BCUT2D eigenvalue weighted by Gasteiger charge is -2.27. The topological polar surface area (TPSA) is 52.2 Å². The average Bonchev–Trinajstić information content (AvgIpc) is 3.41. The molecule has 1 aromatic heterocycles. The van der Waals surface area contributed by atoms with Gasteiger partial charge in [0.25, 0.3) is 0 Å². The van der Waals surface area contributed by atoms with Gasteiger partial charge in [-0.1, -0.05) is 72.8 Å². The molecule has 0 saturated heterocycles. The van der Waals surface area contributed by atoms with E-state index in [2.05, 4.69) is 126 Å². The van der Waals surface area contributed by atoms with Crippen molar-refractivity contribution in [3.63, 3.8) is 0 Å². The summed E-state index contributed by atoms with van der Waals surface area (Å²) in [4.78, 5) is 2.29. The highest BCUT2D eigenvalue weighted by atomic mass is 16.3. The molecule has 7 aromatic rings. The predicted octanol–water partition coefficient (Wildman–Crippen LogP) is 9.59. The normalized spacial score (nSPS) is 11.1. The highest BCUT2D eigenvalue weighted by molar-refractivity contribution is 6.16. The van der Waals surface area contributed by atoms with Crippen LogP contribution in [0.4, 0.5) is 17.1 Å². The maximum atomic E-state index is 9.73. The van der Waals surface area contributed by atoms with E-state index in [1.807, 2.05) is 36.4 Å². The molecule has 0 saturated carbocycles. The maximum Gasteiger partial charge on any atom is 0.0991 e. The number of aliphatic hydroxyl groups excluding tert-OH is 1. The Balaban J connectivity index is 1.47. The third-order valence-corrected chi connectivity index (χ3v) is 8.13. The summed E-state index contributed by atoms with van der Waals surface area (Å²) in [6.45, 7) is 2.14. The molecule has 6 aromatic carbocycles. The van der Waals surface area contributed by atoms with E-state index in [0.717, 1.165) is 50.1 Å². The van der Waals surface area contributed by atoms with Crippen molar-refractivity contribution >= 4 is 38.9 Å². The number of fused-ring (bicyclic) bond motifs is 3. The van der Waals surface area contributed by atoms with Gasteiger partial charge in [-0.3, -0.25) is 0 Å². The zero-order valence-corrected chi connectivity index (χ0v) is 23.8. The lowest BCUT2D eigenvalue weighted by molar-refractivity contribution is 0.282. The van der Waals surface area contributed by atoms with Crippen LogP contribution in [0.2, 0.25) is 0 Å². The summed E-state index contributed by atoms with van der Waals surface area (Å²) in [5.74, 6) is 0. The summed E-state index contributed by atoms with van der Waals surface area (Å²) >= 11 is 0. The van der Waals surface area contributed by atoms with Crippen LogP contribution in [-0.2, 0) is 6.61 Å². The Morgan fingerprint density at radius 2 is 1.33 bits per heavy atom. The molecule has 1 heterocycles. The van der Waals surface area contributed by atoms with E-state index in [4.69, 9.17) is 0 Å². The van der Waals surface area contributed by atoms with Gasteiger partial charge in [0.15, 0.2) is 0 Å². The molecule has 4 nitrogen and oxygen atoms in total. The summed E-state index contributed by atoms with van der Waals surface area (Å²) in [6, 6.07) is 50.2. The molecular weight excluding hydrogens is 526 g/mol. The molecule has 43 heavy (non-hydrogen) atoms. The van der Waals surface area contributed by atoms with Crippen LogP contribution in [0.25, 0.3) is 38.6 Å². The molecule has 0 aliphatic carbocycles. The van der Waals surface area contributed by atoms with Crippen LogP contribution in [0.15, 0.2) is 140 Å². The zero-order chi connectivity index (χ0) is 29.3. The predicted molar refractivity (Wildman–Crippen MR) is 176 cm³/mol. The second kappa shape index (κ2) is 11.0. The fourth-order valence-electron chi connectivity index (χ4n) is 6.01. The van der Waals surface area contributed by atoms with Gasteiger partial charge in [0.1, 0.15) is 0 Å². The van der Waals surface area contributed by atoms with Crippen molar-refractivity contribution < 1.29 is 5.11 Å². The van der Waals surface area contributed by atoms with Gasteiger partial charge in [-0.05, 0) is 95.9 Å². The fraction of sp³-hybridized carbons (Fsp3) is 0.0513. The highest BCUT2D eigenvalue weighted by Crippen LogP contribution is 2.44. The Hall–Kier alpha value is -5.63. The number of para-hydroxylation sites is 1. The molecular formula is C39H29N3O. The molecule has 206 valence electrons. The van der Waals surface area contributed by atoms with E-state index in [9.17, 15) is 10.4 Å². The zero-order valence-electron chi connectivity index (χ0n) is 23.8. The summed E-state index contributed by atoms with van der Waals surface area (Å²) < 4.78 is 2.27. The van der Waals surface area contributed by atoms with Crippen molar-refractivity contribution in [1.29, 1.82) is 5.26 Å². The third kappa shape index (κ3) is 4.63. The first kappa shape index (κ1) is 26.3. The molecule has 7 rings (SSSR count). The molecule has 0 aliphatic heterocycles. The molecule has 0 radical (unpaired) electrons. The van der Waals surface area contributed by atoms with Crippen molar-refractivity contribution in [2.45, 2.75) is 13.5 Å². The maximum absolute atomic E-state index is 9.73. The minimum atomic E-state index is -0.000927. The van der Waals surface area contributed by atoms with Crippen molar-refractivity contribution in [2.24, 2.45) is 0 Å². The van der Waals surface area contributed by atoms with E-state index in [1.54, 1.807) is 0 Å². The van der Waals surface area contributed by atoms with E-state index < -0.39 is 0 Å². The van der Waals surface area contributed by atoms with Crippen LogP contribution in [0.1, 0.15) is 16.7 Å². The number of rotatable bonds is 6. The molecule has 0 spiro atoms. The minimum absolute atomic E-state index is 0.000927. The second-order valence-electron chi connectivity index (χ2n) is 10.7. The lowest BCUT2D eigenvalue weighted by atomic mass is 10.00. The van der Waals surface area contributed by atoms with Crippen molar-refractivity contribution in [3.8, 4) is 22.9 Å². The number of aliphatic hydroxyl groups is 1. The standard InChI is InChI=1S/C39H29N3O/c1-27-7-2-3-8-34(27)30-17-23-32(24-18-30)41(31-21-15-29(26-43)16-22-31)37-11-6-12-38-39(37)35-9-4-5-10-36(35)42(38)33-19-13-28(25-40)14-20-33/h2-24,43H,26H2,1H3. The molecule has 0 fully saturated rings. The van der Waals surface area contributed by atoms with E-state index >= 15 is 0 Å². The van der Waals surface area contributed by atoms with Gasteiger partial charge >= 0.3 is 0 Å². The van der Waals surface area contributed by atoms with Crippen LogP contribution in [0.5, 0.6) is 0 Å². The van der Waals surface area contributed by atoms with Gasteiger partial charge in [0, 0.05) is 27.8 Å². The van der Waals surface area contributed by atoms with Gasteiger partial charge in [-0.2, -0.15) is 5.26 Å². The number of nitriles is 1. The van der Waals surface area contributed by atoms with E-state index in [1.165, 1.54) is 16.7 Å². The lowest BCUT2D eigenvalue weighted by Crippen LogP contribution is -2.10. The third-order valence-electron chi connectivity index (χ3n) is 8.13. The number of nitrogens with zero attached hydrogens (tertiary/aromatic N) is 3. The number of benzene rings is 6. The van der Waals surface area contributed by atoms with Gasteiger partial charge in [-0.15, -0.1) is 0 Å². The summed E-state index contributed by atoms with van der Waals surface area (Å²) in [5.41, 5.74) is 11.4. The van der Waals surface area contributed by atoms with Gasteiger partial charge in [0.05, 0.1) is 35.0 Å². The Labute approximate surface area is 250 Å². The largest absolute Gasteiger partial charge is 0.392 e. The smallest absolute Gasteiger partial charge is 0.0991 e. The molecule has 0 aliphatic rings. The quantitative estimate of drug-likeness (QED) is 0.222. The molecule has 0 atom stereocenters. The summed E-state index contributed by atoms with van der Waals surface area (Å²) in [7, 11) is 0. The van der Waals surface area contributed by atoms with E-state index in [0.29, 0.717) is 5.56 Å². The highest BCUT2D eigenvalue weighted by Gasteiger charge is 2.21. The Bertz CT molecular complexity index is 2120. The minimum Gasteiger partial charge on any atom is -0.392 e. The number of hydrogen-bond acceptors (Lipinski definition) is 3. The van der Waals surface area contributed by atoms with Crippen molar-refractivity contribution in [3.05, 3.63) is 156 Å². The van der Waals surface area contributed by atoms with Crippen LogP contribution >= 0.6 is 0 Å². The Kier molecular flexibility index (Phi) is 6.71. The Morgan fingerprint density at radius 1 is 0.674 bits per heavy atom. The van der Waals surface area contributed by atoms with Crippen molar-refractivity contribution in [2.75, 3.05) is 4.90 Å². The van der Waals surface area contributed by atoms with Gasteiger partial charge in [-0.25, -0.2) is 0 Å². The number of hydrogen-bond donors (Lipinski definition) is 1. The molecule has 1 N–H and O–H groups in total. The van der Waals surface area contributed by atoms with Crippen LogP contribution < -0.4 is 4.90 Å². The molecule has 0 unspecified atom stereocenters. The summed E-state index contributed by atoms with van der Waals surface area (Å²) in [6.07, 6.45) is 0. The summed E-state index contributed by atoms with van der Waals surface area (Å²) in [5, 5.41) is 21.4. The number of aryl methyl sites for hydroxylation is 1. The first-order valence-electron chi connectivity index (χ1n) is 14.3. The van der Waals surface area contributed by atoms with Crippen LogP contribution in [0.3, 0.4) is 0 Å². The Morgan fingerprint density at radius 3 is 2.02 bits per heavy atom. The number of aromatic nitrogens is 1. The average molecular weight is 556 g/mol. The van der Waals surface area contributed by atoms with Crippen LogP contribution in [-0.4, -0.2) is 9.67 Å². The van der Waals surface area contributed by atoms with E-state index in [-0.39, 0.29) is 6.61 Å². The SMILES string of the molecule is Cc1ccccc1-c1ccc(N(c2ccc(CO)cc2)c2cccc3c2c2ccccc2n3-c2ccc(C#N)cc2)cc1. The number of anilines is 3. The van der Waals surface area contributed by atoms with Crippen LogP contribution in [0, 0.1) is 18.3 Å². The van der Waals surface area contributed by atoms with Crippen molar-refractivity contribution in [1.82, 2.24) is 4.57 Å². The fourth-order valence-corrected chi connectivity index (χ4v) is 6.01. The molecule has 0 bridgehead atoms. The molecule has 0 amide bonds. The monoisotopic (exact) mass is 555 g/mol. The first-order chi connectivity index (χ1) is 21.2. The second-order valence-corrected chi connectivity index (χ2v) is 10.7. The first-order valence-corrected chi connectivity index (χ1v) is 14.3. The molecule has 4 heteroatoms. The van der Waals surface area contributed by atoms with Gasteiger partial charge < -0.3 is 14.6 Å². The van der Waals surface area contributed by atoms with Gasteiger partial charge in [0.2, 0.25) is 0 Å².